The summed E-state index contributed by atoms with van der Waals surface area (Å²) in [5.41, 5.74) is 3.37. The number of carbonyl (C=O) groups is 2. The van der Waals surface area contributed by atoms with Crippen molar-refractivity contribution < 1.29 is 19.8 Å². The average Bonchev–Trinajstić information content (AvgIpc) is 2.55. The first-order valence-electron chi connectivity index (χ1n) is 8.64. The molecule has 0 atom stereocenters. The van der Waals surface area contributed by atoms with Gasteiger partial charge in [0.15, 0.2) is 0 Å². The Labute approximate surface area is 160 Å². The van der Waals surface area contributed by atoms with Gasteiger partial charge in [-0.3, -0.25) is 0 Å². The van der Waals surface area contributed by atoms with Crippen LogP contribution in [0.15, 0.2) is 71.9 Å². The van der Waals surface area contributed by atoms with Crippen molar-refractivity contribution in [3.8, 4) is 0 Å². The summed E-state index contributed by atoms with van der Waals surface area (Å²) in [6.45, 7) is 7.67. The average molecular weight is 366 g/mol. The Balaban J connectivity index is 2.78. The lowest BCUT2D eigenvalue weighted by Crippen LogP contribution is -2.10. The first-order chi connectivity index (χ1) is 12.7. The molecule has 4 heteroatoms. The van der Waals surface area contributed by atoms with E-state index in [0.29, 0.717) is 12.0 Å². The van der Waals surface area contributed by atoms with Gasteiger partial charge in [-0.25, -0.2) is 9.59 Å². The van der Waals surface area contributed by atoms with Crippen LogP contribution >= 0.6 is 0 Å². The van der Waals surface area contributed by atoms with E-state index in [9.17, 15) is 14.7 Å². The predicted octanol–water partition coefficient (Wildman–Crippen LogP) is 5.52. The summed E-state index contributed by atoms with van der Waals surface area (Å²) in [5.74, 6) is -2.24. The maximum atomic E-state index is 11.5. The number of aromatic carboxylic acids is 2. The van der Waals surface area contributed by atoms with E-state index in [-0.39, 0.29) is 16.7 Å². The number of allylic oxidation sites excluding steroid dienone is 10. The van der Waals surface area contributed by atoms with Crippen LogP contribution in [0.1, 0.15) is 52.6 Å². The van der Waals surface area contributed by atoms with Gasteiger partial charge >= 0.3 is 11.9 Å². The Morgan fingerprint density at radius 3 is 2.15 bits per heavy atom. The van der Waals surface area contributed by atoms with Crippen molar-refractivity contribution >= 4 is 11.9 Å². The maximum absolute atomic E-state index is 11.5. The van der Waals surface area contributed by atoms with Crippen LogP contribution in [-0.2, 0) is 6.42 Å². The molecule has 0 bridgehead atoms. The molecule has 0 saturated carbocycles. The largest absolute Gasteiger partial charge is 0.478 e. The van der Waals surface area contributed by atoms with Gasteiger partial charge in [0.25, 0.3) is 0 Å². The first kappa shape index (κ1) is 21.9. The fourth-order valence-electron chi connectivity index (χ4n) is 2.64. The second-order valence-corrected chi connectivity index (χ2v) is 6.42. The highest BCUT2D eigenvalue weighted by molar-refractivity contribution is 5.97. The van der Waals surface area contributed by atoms with Gasteiger partial charge in [0.2, 0.25) is 0 Å². The molecule has 0 aliphatic heterocycles. The quantitative estimate of drug-likeness (QED) is 0.595. The van der Waals surface area contributed by atoms with Crippen LogP contribution in [-0.4, -0.2) is 22.2 Å². The SMILES string of the molecule is CC(C)=C/C(C)=C/C=C/C=C/C=C/Cc1ccc(C(=O)O)c(C)c1C(=O)O. The van der Waals surface area contributed by atoms with E-state index in [2.05, 4.69) is 19.9 Å². The van der Waals surface area contributed by atoms with Crippen molar-refractivity contribution in [2.45, 2.75) is 34.1 Å². The van der Waals surface area contributed by atoms with E-state index in [4.69, 9.17) is 5.11 Å². The molecule has 142 valence electrons. The summed E-state index contributed by atoms with van der Waals surface area (Å²) in [5, 5.41) is 18.5. The lowest BCUT2D eigenvalue weighted by atomic mass is 9.95. The van der Waals surface area contributed by atoms with E-state index >= 15 is 0 Å². The zero-order valence-corrected chi connectivity index (χ0v) is 16.2. The lowest BCUT2D eigenvalue weighted by Gasteiger charge is -2.10. The van der Waals surface area contributed by atoms with E-state index in [1.54, 1.807) is 6.07 Å². The first-order valence-corrected chi connectivity index (χ1v) is 8.64. The Kier molecular flexibility index (Phi) is 8.73. The molecule has 1 rings (SSSR count). The minimum absolute atomic E-state index is 0.0154. The summed E-state index contributed by atoms with van der Waals surface area (Å²) < 4.78 is 0. The summed E-state index contributed by atoms with van der Waals surface area (Å²) >= 11 is 0. The molecule has 2 N–H and O–H groups in total. The number of hydrogen-bond donors (Lipinski definition) is 2. The minimum atomic E-state index is -1.12. The molecule has 0 unspecified atom stereocenters. The van der Waals surface area contributed by atoms with Crippen molar-refractivity contribution in [3.05, 3.63) is 94.1 Å². The Bertz CT molecular complexity index is 845. The minimum Gasteiger partial charge on any atom is -0.478 e. The van der Waals surface area contributed by atoms with Crippen LogP contribution in [0.4, 0.5) is 0 Å². The molecule has 0 fully saturated rings. The van der Waals surface area contributed by atoms with Crippen molar-refractivity contribution in [2.24, 2.45) is 0 Å². The van der Waals surface area contributed by atoms with Gasteiger partial charge in [0.05, 0.1) is 11.1 Å². The van der Waals surface area contributed by atoms with Gasteiger partial charge in [-0.15, -0.1) is 0 Å². The molecule has 0 amide bonds. The Morgan fingerprint density at radius 1 is 0.926 bits per heavy atom. The molecule has 0 radical (unpaired) electrons. The van der Waals surface area contributed by atoms with Gasteiger partial charge in [-0.05, 0) is 51.3 Å². The van der Waals surface area contributed by atoms with Crippen molar-refractivity contribution in [1.29, 1.82) is 0 Å². The van der Waals surface area contributed by atoms with Crippen LogP contribution in [0.3, 0.4) is 0 Å². The van der Waals surface area contributed by atoms with E-state index in [0.717, 1.165) is 0 Å². The van der Waals surface area contributed by atoms with E-state index in [1.165, 1.54) is 24.1 Å². The van der Waals surface area contributed by atoms with Crippen LogP contribution in [0, 0.1) is 6.92 Å². The van der Waals surface area contributed by atoms with Crippen molar-refractivity contribution in [1.82, 2.24) is 0 Å². The van der Waals surface area contributed by atoms with E-state index < -0.39 is 11.9 Å². The van der Waals surface area contributed by atoms with Crippen molar-refractivity contribution in [2.75, 3.05) is 0 Å². The zero-order valence-electron chi connectivity index (χ0n) is 16.2. The molecule has 0 aliphatic carbocycles. The third-order valence-electron chi connectivity index (χ3n) is 3.79. The molecule has 4 nitrogen and oxygen atoms in total. The summed E-state index contributed by atoms with van der Waals surface area (Å²) in [4.78, 5) is 22.7. The fourth-order valence-corrected chi connectivity index (χ4v) is 2.64. The number of benzene rings is 1. The number of carboxylic acids is 2. The molecule has 0 heterocycles. The second kappa shape index (κ2) is 10.8. The molecule has 27 heavy (non-hydrogen) atoms. The highest BCUT2D eigenvalue weighted by Gasteiger charge is 2.18. The Morgan fingerprint density at radius 2 is 1.56 bits per heavy atom. The van der Waals surface area contributed by atoms with Gasteiger partial charge in [0.1, 0.15) is 0 Å². The molecular weight excluding hydrogens is 340 g/mol. The Hall–Kier alpha value is -3.14. The molecule has 0 aromatic heterocycles. The smallest absolute Gasteiger partial charge is 0.336 e. The lowest BCUT2D eigenvalue weighted by molar-refractivity contribution is 0.0695. The van der Waals surface area contributed by atoms with Crippen LogP contribution in [0.5, 0.6) is 0 Å². The molecule has 1 aromatic carbocycles. The number of rotatable bonds is 8. The van der Waals surface area contributed by atoms with Gasteiger partial charge in [0, 0.05) is 0 Å². The van der Waals surface area contributed by atoms with Crippen LogP contribution < -0.4 is 0 Å². The fraction of sp³-hybridized carbons (Fsp3) is 0.217. The maximum Gasteiger partial charge on any atom is 0.336 e. The van der Waals surface area contributed by atoms with Gasteiger partial charge < -0.3 is 10.2 Å². The molecule has 0 spiro atoms. The molecule has 0 saturated heterocycles. The summed E-state index contributed by atoms with van der Waals surface area (Å²) in [7, 11) is 0. The molecule has 1 aromatic rings. The topological polar surface area (TPSA) is 74.6 Å². The van der Waals surface area contributed by atoms with E-state index in [1.807, 2.05) is 49.5 Å². The summed E-state index contributed by atoms with van der Waals surface area (Å²) in [6.07, 6.45) is 15.8. The number of hydrogen-bond acceptors (Lipinski definition) is 2. The zero-order chi connectivity index (χ0) is 20.4. The molecular formula is C23H26O4. The summed E-state index contributed by atoms with van der Waals surface area (Å²) in [6, 6.07) is 3.01. The second-order valence-electron chi connectivity index (χ2n) is 6.42. The van der Waals surface area contributed by atoms with Crippen molar-refractivity contribution in [3.63, 3.8) is 0 Å². The highest BCUT2D eigenvalue weighted by atomic mass is 16.4. The highest BCUT2D eigenvalue weighted by Crippen LogP contribution is 2.20. The predicted molar refractivity (Wildman–Crippen MR) is 109 cm³/mol. The number of carboxylic acid groups (broad SMARTS) is 2. The standard InChI is InChI=1S/C23H26O4/c1-16(2)15-17(3)11-9-7-5-6-8-10-12-19-13-14-20(22(24)25)18(4)21(19)23(26)27/h5-11,13-15H,12H2,1-4H3,(H,24,25)(H,26,27)/b6-5+,9-7+,10-8+,17-11+. The van der Waals surface area contributed by atoms with Crippen LogP contribution in [0.2, 0.25) is 0 Å². The van der Waals surface area contributed by atoms with Gasteiger partial charge in [-0.2, -0.15) is 0 Å². The molecule has 0 aliphatic rings. The van der Waals surface area contributed by atoms with Gasteiger partial charge in [-0.1, -0.05) is 65.8 Å². The van der Waals surface area contributed by atoms with Crippen LogP contribution in [0.25, 0.3) is 0 Å². The monoisotopic (exact) mass is 366 g/mol. The third kappa shape index (κ3) is 7.32. The normalized spacial score (nSPS) is 12.2. The third-order valence-corrected chi connectivity index (χ3v) is 3.79.